The Bertz CT molecular complexity index is 545. The van der Waals surface area contributed by atoms with Crippen molar-refractivity contribution in [1.82, 2.24) is 4.57 Å². The minimum atomic E-state index is 0.707. The fraction of sp³-hybridized carbons (Fsp3) is 0.500. The van der Waals surface area contributed by atoms with E-state index in [-0.39, 0.29) is 0 Å². The summed E-state index contributed by atoms with van der Waals surface area (Å²) in [7, 11) is 0. The van der Waals surface area contributed by atoms with Gasteiger partial charge in [0.1, 0.15) is 0 Å². The Hall–Kier alpha value is -0.660. The molecule has 0 amide bonds. The van der Waals surface area contributed by atoms with Crippen LogP contribution in [0.1, 0.15) is 39.5 Å². The smallest absolute Gasteiger partial charge is 0.0514 e. The summed E-state index contributed by atoms with van der Waals surface area (Å²) in [5, 5.41) is 2.54. The van der Waals surface area contributed by atoms with Crippen LogP contribution in [0.4, 0.5) is 0 Å². The third-order valence-corrected chi connectivity index (χ3v) is 4.33. The Morgan fingerprint density at radius 1 is 1.21 bits per heavy atom. The lowest BCUT2D eigenvalue weighted by Gasteiger charge is -2.16. The van der Waals surface area contributed by atoms with Crippen LogP contribution < -0.4 is 0 Å². The van der Waals surface area contributed by atoms with Crippen LogP contribution in [0.3, 0.4) is 0 Å². The number of rotatable bonds is 6. The number of halogens is 2. The number of aromatic nitrogens is 1. The maximum Gasteiger partial charge on any atom is 0.0514 e. The molecule has 3 heteroatoms. The van der Waals surface area contributed by atoms with Gasteiger partial charge < -0.3 is 4.57 Å². The van der Waals surface area contributed by atoms with E-state index in [1.807, 2.05) is 12.1 Å². The van der Waals surface area contributed by atoms with Gasteiger partial charge in [-0.25, -0.2) is 0 Å². The van der Waals surface area contributed by atoms with E-state index in [2.05, 4.69) is 30.7 Å². The van der Waals surface area contributed by atoms with Crippen molar-refractivity contribution < 1.29 is 0 Å². The highest BCUT2D eigenvalue weighted by molar-refractivity contribution is 6.38. The van der Waals surface area contributed by atoms with Crippen LogP contribution in [0.2, 0.25) is 10.0 Å². The van der Waals surface area contributed by atoms with E-state index in [0.717, 1.165) is 28.4 Å². The Morgan fingerprint density at radius 2 is 2.00 bits per heavy atom. The summed E-state index contributed by atoms with van der Waals surface area (Å²) in [5.74, 6) is 0.730. The number of unbranched alkanes of at least 4 members (excludes halogenated alkanes) is 1. The Labute approximate surface area is 125 Å². The third-order valence-electron chi connectivity index (χ3n) is 3.80. The average Bonchev–Trinajstić information content (AvgIpc) is 2.77. The summed E-state index contributed by atoms with van der Waals surface area (Å²) in [6.45, 7) is 5.57. The molecule has 0 aliphatic rings. The predicted molar refractivity (Wildman–Crippen MR) is 85.3 cm³/mol. The van der Waals surface area contributed by atoms with Crippen LogP contribution in [0, 0.1) is 5.92 Å². The Balaban J connectivity index is 2.25. The molecule has 1 heterocycles. The third kappa shape index (κ3) is 3.46. The van der Waals surface area contributed by atoms with E-state index in [1.54, 1.807) is 0 Å². The molecule has 2 rings (SSSR count). The highest BCUT2D eigenvalue weighted by atomic mass is 35.5. The molecule has 19 heavy (non-hydrogen) atoms. The molecular formula is C16H21Cl2N. The fourth-order valence-electron chi connectivity index (χ4n) is 2.57. The molecule has 0 aliphatic heterocycles. The van der Waals surface area contributed by atoms with Gasteiger partial charge in [-0.1, -0.05) is 56.3 Å². The average molecular weight is 298 g/mol. The maximum atomic E-state index is 6.23. The lowest BCUT2D eigenvalue weighted by atomic mass is 9.99. The molecule has 0 bridgehead atoms. The van der Waals surface area contributed by atoms with Crippen molar-refractivity contribution in [2.24, 2.45) is 5.92 Å². The van der Waals surface area contributed by atoms with Crippen molar-refractivity contribution in [2.75, 3.05) is 0 Å². The number of benzene rings is 1. The van der Waals surface area contributed by atoms with Crippen LogP contribution in [-0.2, 0) is 6.54 Å². The normalized spacial score (nSPS) is 13.1. The topological polar surface area (TPSA) is 4.93 Å². The molecule has 0 radical (unpaired) electrons. The largest absolute Gasteiger partial charge is 0.347 e. The van der Waals surface area contributed by atoms with Gasteiger partial charge in [0.15, 0.2) is 0 Å². The van der Waals surface area contributed by atoms with Gasteiger partial charge in [-0.05, 0) is 30.5 Å². The van der Waals surface area contributed by atoms with E-state index in [9.17, 15) is 0 Å². The lowest BCUT2D eigenvalue weighted by molar-refractivity contribution is 0.396. The number of hydrogen-bond acceptors (Lipinski definition) is 0. The molecule has 0 saturated heterocycles. The molecule has 104 valence electrons. The minimum Gasteiger partial charge on any atom is -0.347 e. The zero-order chi connectivity index (χ0) is 13.8. The number of nitrogens with zero attached hydrogens (tertiary/aromatic N) is 1. The van der Waals surface area contributed by atoms with E-state index >= 15 is 0 Å². The molecule has 1 unspecified atom stereocenters. The summed E-state index contributed by atoms with van der Waals surface area (Å²) in [4.78, 5) is 0. The molecule has 0 spiro atoms. The van der Waals surface area contributed by atoms with Gasteiger partial charge in [-0.2, -0.15) is 0 Å². The van der Waals surface area contributed by atoms with Gasteiger partial charge in [0.2, 0.25) is 0 Å². The molecular weight excluding hydrogens is 277 g/mol. The molecule has 0 N–H and O–H groups in total. The molecule has 0 saturated carbocycles. The molecule has 0 aliphatic carbocycles. The summed E-state index contributed by atoms with van der Waals surface area (Å²) in [6, 6.07) is 5.90. The molecule has 2 aromatic rings. The summed E-state index contributed by atoms with van der Waals surface area (Å²) < 4.78 is 2.29. The van der Waals surface area contributed by atoms with Crippen LogP contribution in [0.15, 0.2) is 24.4 Å². The monoisotopic (exact) mass is 297 g/mol. The van der Waals surface area contributed by atoms with E-state index < -0.39 is 0 Å². The molecule has 1 atom stereocenters. The number of hydrogen-bond donors (Lipinski definition) is 0. The zero-order valence-electron chi connectivity index (χ0n) is 11.6. The van der Waals surface area contributed by atoms with Gasteiger partial charge in [0.05, 0.1) is 10.5 Å². The van der Waals surface area contributed by atoms with Gasteiger partial charge >= 0.3 is 0 Å². The van der Waals surface area contributed by atoms with Gasteiger partial charge in [0, 0.05) is 23.2 Å². The highest BCUT2D eigenvalue weighted by Gasteiger charge is 2.11. The van der Waals surface area contributed by atoms with Crippen molar-refractivity contribution in [3.63, 3.8) is 0 Å². The van der Waals surface area contributed by atoms with Crippen molar-refractivity contribution in [2.45, 2.75) is 46.1 Å². The lowest BCUT2D eigenvalue weighted by Crippen LogP contribution is -2.09. The van der Waals surface area contributed by atoms with Crippen LogP contribution in [0.5, 0.6) is 0 Å². The molecule has 1 aromatic carbocycles. The summed E-state index contributed by atoms with van der Waals surface area (Å²) >= 11 is 12.3. The van der Waals surface area contributed by atoms with Gasteiger partial charge in [0.25, 0.3) is 0 Å². The first-order chi connectivity index (χ1) is 9.15. The molecule has 1 aromatic heterocycles. The molecule has 1 nitrogen and oxygen atoms in total. The van der Waals surface area contributed by atoms with Gasteiger partial charge in [-0.3, -0.25) is 0 Å². The summed E-state index contributed by atoms with van der Waals surface area (Å²) in [6.07, 6.45) is 7.20. The van der Waals surface area contributed by atoms with Crippen LogP contribution in [0.25, 0.3) is 10.9 Å². The van der Waals surface area contributed by atoms with Crippen molar-refractivity contribution in [3.8, 4) is 0 Å². The first-order valence-electron chi connectivity index (χ1n) is 7.09. The SMILES string of the molecule is CCCCC(CC)Cn1ccc2c(Cl)cc(Cl)cc21. The van der Waals surface area contributed by atoms with Crippen molar-refractivity contribution in [3.05, 3.63) is 34.4 Å². The van der Waals surface area contributed by atoms with E-state index in [4.69, 9.17) is 23.2 Å². The first-order valence-corrected chi connectivity index (χ1v) is 7.85. The minimum absolute atomic E-state index is 0.707. The van der Waals surface area contributed by atoms with Crippen LogP contribution >= 0.6 is 23.2 Å². The fourth-order valence-corrected chi connectivity index (χ4v) is 3.12. The van der Waals surface area contributed by atoms with E-state index in [1.165, 1.54) is 25.7 Å². The molecule has 0 fully saturated rings. The van der Waals surface area contributed by atoms with Crippen molar-refractivity contribution >= 4 is 34.1 Å². The maximum absolute atomic E-state index is 6.23. The second kappa shape index (κ2) is 6.67. The second-order valence-corrected chi connectivity index (χ2v) is 6.05. The highest BCUT2D eigenvalue weighted by Crippen LogP contribution is 2.29. The summed E-state index contributed by atoms with van der Waals surface area (Å²) in [5.41, 5.74) is 1.15. The Kier molecular flexibility index (Phi) is 5.18. The Morgan fingerprint density at radius 3 is 2.68 bits per heavy atom. The van der Waals surface area contributed by atoms with Crippen molar-refractivity contribution in [1.29, 1.82) is 0 Å². The van der Waals surface area contributed by atoms with E-state index in [0.29, 0.717) is 5.02 Å². The quantitative estimate of drug-likeness (QED) is 0.601. The van der Waals surface area contributed by atoms with Gasteiger partial charge in [-0.15, -0.1) is 0 Å². The predicted octanol–water partition coefficient (Wildman–Crippen LogP) is 6.16. The first kappa shape index (κ1) is 14.7. The zero-order valence-corrected chi connectivity index (χ0v) is 13.1. The van der Waals surface area contributed by atoms with Crippen LogP contribution in [-0.4, -0.2) is 4.57 Å². The standard InChI is InChI=1S/C16H21Cl2N/c1-3-5-6-12(4-2)11-19-8-7-14-15(18)9-13(17)10-16(14)19/h7-10,12H,3-6,11H2,1-2H3. The second-order valence-electron chi connectivity index (χ2n) is 5.21. The number of fused-ring (bicyclic) bond motifs is 1.